The Morgan fingerprint density at radius 3 is 3.21 bits per heavy atom. The van der Waals surface area contributed by atoms with Crippen molar-refractivity contribution in [3.63, 3.8) is 0 Å². The fourth-order valence-corrected chi connectivity index (χ4v) is 3.59. The second kappa shape index (κ2) is 6.13. The topological polar surface area (TPSA) is 88.7 Å². The molecule has 0 radical (unpaired) electrons. The van der Waals surface area contributed by atoms with Gasteiger partial charge in [-0.05, 0) is 42.3 Å². The molecule has 3 heterocycles. The third kappa shape index (κ3) is 2.69. The van der Waals surface area contributed by atoms with Gasteiger partial charge in [0.25, 0.3) is 5.91 Å². The Bertz CT molecular complexity index is 879. The minimum Gasteiger partial charge on any atom is -0.365 e. The number of para-hydroxylation sites is 1. The number of rotatable bonds is 5. The summed E-state index contributed by atoms with van der Waals surface area (Å²) in [5.41, 5.74) is 9.45. The molecule has 6 nitrogen and oxygen atoms in total. The molecule has 24 heavy (non-hydrogen) atoms. The zero-order chi connectivity index (χ0) is 16.5. The van der Waals surface area contributed by atoms with Gasteiger partial charge < -0.3 is 16.0 Å². The Morgan fingerprint density at radius 1 is 1.42 bits per heavy atom. The number of fused-ring (bicyclic) bond motifs is 2. The van der Waals surface area contributed by atoms with Crippen LogP contribution in [0.1, 0.15) is 28.0 Å². The summed E-state index contributed by atoms with van der Waals surface area (Å²) in [6.07, 6.45) is 5.48. The van der Waals surface area contributed by atoms with Crippen LogP contribution in [0.15, 0.2) is 36.7 Å². The van der Waals surface area contributed by atoms with Gasteiger partial charge in [-0.1, -0.05) is 18.2 Å². The molecule has 6 heteroatoms. The molecule has 2 aromatic heterocycles. The first kappa shape index (κ1) is 15.0. The van der Waals surface area contributed by atoms with Crippen molar-refractivity contribution < 1.29 is 4.79 Å². The molecular weight excluding hydrogens is 302 g/mol. The SMILES string of the molecule is NC(=O)c1cnn2c1C[C@H](CNCc1cccc3cc[nH]c13)CC2. The zero-order valence-electron chi connectivity index (χ0n) is 13.5. The Labute approximate surface area is 140 Å². The van der Waals surface area contributed by atoms with Gasteiger partial charge in [-0.3, -0.25) is 9.48 Å². The van der Waals surface area contributed by atoms with Gasteiger partial charge in [0.15, 0.2) is 0 Å². The largest absolute Gasteiger partial charge is 0.365 e. The number of nitrogens with two attached hydrogens (primary N) is 1. The number of hydrogen-bond donors (Lipinski definition) is 3. The number of nitrogens with one attached hydrogen (secondary N) is 2. The van der Waals surface area contributed by atoms with Gasteiger partial charge in [-0.15, -0.1) is 0 Å². The number of aromatic nitrogens is 3. The van der Waals surface area contributed by atoms with Crippen molar-refractivity contribution in [3.8, 4) is 0 Å². The van der Waals surface area contributed by atoms with Crippen LogP contribution in [0.3, 0.4) is 0 Å². The number of hydrogen-bond acceptors (Lipinski definition) is 3. The van der Waals surface area contributed by atoms with E-state index in [1.807, 2.05) is 10.9 Å². The third-order valence-corrected chi connectivity index (χ3v) is 4.87. The van der Waals surface area contributed by atoms with Crippen LogP contribution in [0.4, 0.5) is 0 Å². The van der Waals surface area contributed by atoms with Crippen molar-refractivity contribution in [1.29, 1.82) is 0 Å². The van der Waals surface area contributed by atoms with E-state index < -0.39 is 0 Å². The summed E-state index contributed by atoms with van der Waals surface area (Å²) in [6, 6.07) is 8.44. The molecule has 4 rings (SSSR count). The molecule has 0 bridgehead atoms. The van der Waals surface area contributed by atoms with Gasteiger partial charge in [0.1, 0.15) is 0 Å². The first-order chi connectivity index (χ1) is 11.7. The number of primary amides is 1. The predicted octanol–water partition coefficient (Wildman–Crippen LogP) is 1.82. The molecule has 0 saturated heterocycles. The Kier molecular flexibility index (Phi) is 3.82. The van der Waals surface area contributed by atoms with E-state index in [2.05, 4.69) is 39.7 Å². The average Bonchev–Trinajstić information content (AvgIpc) is 3.21. The fourth-order valence-electron chi connectivity index (χ4n) is 3.59. The van der Waals surface area contributed by atoms with Crippen LogP contribution in [-0.2, 0) is 19.5 Å². The Morgan fingerprint density at radius 2 is 2.33 bits per heavy atom. The molecule has 0 spiro atoms. The van der Waals surface area contributed by atoms with E-state index in [0.717, 1.165) is 38.2 Å². The summed E-state index contributed by atoms with van der Waals surface area (Å²) >= 11 is 0. The lowest BCUT2D eigenvalue weighted by atomic mass is 9.94. The van der Waals surface area contributed by atoms with E-state index in [9.17, 15) is 4.79 Å². The second-order valence-corrected chi connectivity index (χ2v) is 6.44. The highest BCUT2D eigenvalue weighted by molar-refractivity contribution is 5.93. The van der Waals surface area contributed by atoms with Crippen LogP contribution in [0.2, 0.25) is 0 Å². The standard InChI is InChI=1S/C18H21N5O/c19-18(24)15-11-22-23-7-5-12(8-16(15)23)9-20-10-14-3-1-2-13-4-6-21-17(13)14/h1-4,6,11-12,20-21H,5,7-10H2,(H2,19,24)/t12-/m1/s1. The number of H-pyrrole nitrogens is 1. The number of aromatic amines is 1. The van der Waals surface area contributed by atoms with Gasteiger partial charge >= 0.3 is 0 Å². The summed E-state index contributed by atoms with van der Waals surface area (Å²) < 4.78 is 1.91. The number of carbonyl (C=O) groups is 1. The average molecular weight is 323 g/mol. The number of benzene rings is 1. The number of nitrogens with zero attached hydrogens (tertiary/aromatic N) is 2. The van der Waals surface area contributed by atoms with Crippen molar-refractivity contribution in [2.45, 2.75) is 25.9 Å². The van der Waals surface area contributed by atoms with E-state index in [1.54, 1.807) is 6.20 Å². The number of carbonyl (C=O) groups excluding carboxylic acids is 1. The molecule has 0 aliphatic carbocycles. The van der Waals surface area contributed by atoms with Gasteiger partial charge in [0, 0.05) is 24.8 Å². The third-order valence-electron chi connectivity index (χ3n) is 4.87. The lowest BCUT2D eigenvalue weighted by Gasteiger charge is -2.24. The maximum Gasteiger partial charge on any atom is 0.252 e. The summed E-state index contributed by atoms with van der Waals surface area (Å²) in [7, 11) is 0. The van der Waals surface area contributed by atoms with Gasteiger partial charge in [0.2, 0.25) is 0 Å². The van der Waals surface area contributed by atoms with Crippen molar-refractivity contribution in [3.05, 3.63) is 53.5 Å². The van der Waals surface area contributed by atoms with E-state index in [4.69, 9.17) is 5.73 Å². The summed E-state index contributed by atoms with van der Waals surface area (Å²) in [5.74, 6) is 0.110. The predicted molar refractivity (Wildman–Crippen MR) is 92.6 cm³/mol. The normalized spacial score (nSPS) is 17.1. The van der Waals surface area contributed by atoms with E-state index >= 15 is 0 Å². The lowest BCUT2D eigenvalue weighted by Crippen LogP contribution is -2.30. The Hall–Kier alpha value is -2.60. The quantitative estimate of drug-likeness (QED) is 0.669. The second-order valence-electron chi connectivity index (χ2n) is 6.44. The first-order valence-corrected chi connectivity index (χ1v) is 8.32. The molecule has 1 aromatic carbocycles. The Balaban J connectivity index is 1.39. The molecule has 0 saturated carbocycles. The van der Waals surface area contributed by atoms with Crippen molar-refractivity contribution in [2.75, 3.05) is 6.54 Å². The van der Waals surface area contributed by atoms with E-state index in [0.29, 0.717) is 11.5 Å². The molecule has 3 aromatic rings. The molecule has 1 aliphatic heterocycles. The maximum atomic E-state index is 11.5. The molecule has 0 unspecified atom stereocenters. The first-order valence-electron chi connectivity index (χ1n) is 8.32. The van der Waals surface area contributed by atoms with Crippen molar-refractivity contribution in [2.24, 2.45) is 11.7 Å². The van der Waals surface area contributed by atoms with Crippen LogP contribution >= 0.6 is 0 Å². The van der Waals surface area contributed by atoms with Crippen molar-refractivity contribution >= 4 is 16.8 Å². The van der Waals surface area contributed by atoms with E-state index in [-0.39, 0.29) is 5.91 Å². The van der Waals surface area contributed by atoms with Crippen molar-refractivity contribution in [1.82, 2.24) is 20.1 Å². The molecule has 4 N–H and O–H groups in total. The molecule has 1 atom stereocenters. The molecular formula is C18H21N5O. The highest BCUT2D eigenvalue weighted by atomic mass is 16.1. The smallest absolute Gasteiger partial charge is 0.252 e. The summed E-state index contributed by atoms with van der Waals surface area (Å²) in [5, 5.41) is 9.06. The highest BCUT2D eigenvalue weighted by Gasteiger charge is 2.24. The molecule has 1 aliphatic rings. The van der Waals surface area contributed by atoms with Gasteiger partial charge in [0.05, 0.1) is 17.5 Å². The minimum atomic E-state index is -0.386. The fraction of sp³-hybridized carbons (Fsp3) is 0.333. The maximum absolute atomic E-state index is 11.5. The van der Waals surface area contributed by atoms with Gasteiger partial charge in [-0.25, -0.2) is 0 Å². The van der Waals surface area contributed by atoms with Crippen LogP contribution in [0.5, 0.6) is 0 Å². The zero-order valence-corrected chi connectivity index (χ0v) is 13.5. The number of aryl methyl sites for hydroxylation is 1. The molecule has 124 valence electrons. The molecule has 0 fully saturated rings. The van der Waals surface area contributed by atoms with Gasteiger partial charge in [-0.2, -0.15) is 5.10 Å². The minimum absolute atomic E-state index is 0.386. The summed E-state index contributed by atoms with van der Waals surface area (Å²) in [4.78, 5) is 14.8. The lowest BCUT2D eigenvalue weighted by molar-refractivity contribution is 0.0998. The molecule has 1 amide bonds. The van der Waals surface area contributed by atoms with Crippen LogP contribution in [0, 0.1) is 5.92 Å². The summed E-state index contributed by atoms with van der Waals surface area (Å²) in [6.45, 7) is 2.60. The number of amides is 1. The van der Waals surface area contributed by atoms with Crippen LogP contribution in [-0.4, -0.2) is 27.2 Å². The highest BCUT2D eigenvalue weighted by Crippen LogP contribution is 2.23. The monoisotopic (exact) mass is 323 g/mol. The van der Waals surface area contributed by atoms with Crippen LogP contribution in [0.25, 0.3) is 10.9 Å². The van der Waals surface area contributed by atoms with Crippen LogP contribution < -0.4 is 11.1 Å². The van der Waals surface area contributed by atoms with E-state index in [1.165, 1.54) is 16.5 Å².